The molecule has 0 saturated heterocycles. The predicted molar refractivity (Wildman–Crippen MR) is 116 cm³/mol. The van der Waals surface area contributed by atoms with Gasteiger partial charge < -0.3 is 9.97 Å². The zero-order chi connectivity index (χ0) is 20.1. The summed E-state index contributed by atoms with van der Waals surface area (Å²) in [6, 6.07) is 15.2. The number of aromatic amines is 2. The van der Waals surface area contributed by atoms with Gasteiger partial charge in [-0.2, -0.15) is 11.8 Å². The molecular weight excluding hydrogens is 388 g/mol. The number of hydrogen-bond acceptors (Lipinski definition) is 5. The standard InChI is InChI=1S/C20H20N6O2S/c27-17(25-19-21-13-5-1-2-6-14(13)22-19)9-11-29-12-10-18(28)26-20-23-15-7-3-4-8-16(15)24-20/h1-8H,9-12H2,(H2,21,22,25,27)(H2,23,24,26,28). The van der Waals surface area contributed by atoms with E-state index in [0.717, 1.165) is 22.1 Å². The Bertz CT molecular complexity index is 996. The normalized spacial score (nSPS) is 11.0. The molecule has 4 aromatic rings. The summed E-state index contributed by atoms with van der Waals surface area (Å²) < 4.78 is 0. The second-order valence-corrected chi connectivity index (χ2v) is 7.64. The molecule has 0 aliphatic carbocycles. The Labute approximate surface area is 170 Å². The number of hydrogen-bond donors (Lipinski definition) is 4. The molecule has 2 amide bonds. The third-order valence-electron chi connectivity index (χ3n) is 4.24. The number of thioether (sulfide) groups is 1. The van der Waals surface area contributed by atoms with Crippen molar-refractivity contribution in [1.29, 1.82) is 0 Å². The summed E-state index contributed by atoms with van der Waals surface area (Å²) in [6.07, 6.45) is 0.708. The van der Waals surface area contributed by atoms with Crippen LogP contribution in [0.5, 0.6) is 0 Å². The highest BCUT2D eigenvalue weighted by atomic mass is 32.2. The topological polar surface area (TPSA) is 116 Å². The second kappa shape index (κ2) is 8.78. The summed E-state index contributed by atoms with van der Waals surface area (Å²) in [4.78, 5) is 38.8. The number of nitrogens with one attached hydrogen (secondary N) is 4. The van der Waals surface area contributed by atoms with Crippen molar-refractivity contribution in [2.75, 3.05) is 22.1 Å². The molecule has 2 heterocycles. The summed E-state index contributed by atoms with van der Waals surface area (Å²) in [5, 5.41) is 5.53. The fourth-order valence-corrected chi connectivity index (χ4v) is 3.71. The van der Waals surface area contributed by atoms with Gasteiger partial charge in [0.05, 0.1) is 22.1 Å². The van der Waals surface area contributed by atoms with Crippen LogP contribution in [0.4, 0.5) is 11.9 Å². The molecule has 0 bridgehead atoms. The molecule has 0 atom stereocenters. The van der Waals surface area contributed by atoms with Crippen molar-refractivity contribution in [2.24, 2.45) is 0 Å². The summed E-state index contributed by atoms with van der Waals surface area (Å²) >= 11 is 1.56. The molecule has 148 valence electrons. The molecule has 0 fully saturated rings. The lowest BCUT2D eigenvalue weighted by Gasteiger charge is -2.03. The summed E-state index contributed by atoms with van der Waals surface area (Å²) in [5.74, 6) is 1.94. The average molecular weight is 408 g/mol. The summed E-state index contributed by atoms with van der Waals surface area (Å²) in [5.41, 5.74) is 3.39. The minimum absolute atomic E-state index is 0.108. The van der Waals surface area contributed by atoms with Crippen LogP contribution in [0.1, 0.15) is 12.8 Å². The summed E-state index contributed by atoms with van der Waals surface area (Å²) in [6.45, 7) is 0. The minimum Gasteiger partial charge on any atom is -0.324 e. The van der Waals surface area contributed by atoms with E-state index in [-0.39, 0.29) is 11.8 Å². The van der Waals surface area contributed by atoms with E-state index in [4.69, 9.17) is 0 Å². The van der Waals surface area contributed by atoms with Crippen molar-refractivity contribution in [3.05, 3.63) is 48.5 Å². The molecule has 0 aliphatic rings. The third-order valence-corrected chi connectivity index (χ3v) is 5.23. The lowest BCUT2D eigenvalue weighted by atomic mass is 10.3. The monoisotopic (exact) mass is 408 g/mol. The number of para-hydroxylation sites is 4. The number of rotatable bonds is 8. The fraction of sp³-hybridized carbons (Fsp3) is 0.200. The second-order valence-electron chi connectivity index (χ2n) is 6.41. The van der Waals surface area contributed by atoms with Crippen molar-refractivity contribution in [2.45, 2.75) is 12.8 Å². The van der Waals surface area contributed by atoms with Gasteiger partial charge in [0.1, 0.15) is 0 Å². The van der Waals surface area contributed by atoms with Gasteiger partial charge in [0.2, 0.25) is 23.7 Å². The van der Waals surface area contributed by atoms with Crippen LogP contribution >= 0.6 is 11.8 Å². The number of carbonyl (C=O) groups excluding carboxylic acids is 2. The molecule has 4 rings (SSSR count). The SMILES string of the molecule is O=C(CCSCCC(=O)Nc1nc2ccccc2[nH]1)Nc1nc2ccccc2[nH]1. The minimum atomic E-state index is -0.108. The molecule has 0 saturated carbocycles. The van der Waals surface area contributed by atoms with Gasteiger partial charge in [-0.15, -0.1) is 0 Å². The predicted octanol–water partition coefficient (Wildman–Crippen LogP) is 3.53. The van der Waals surface area contributed by atoms with Crippen LogP contribution in [0.2, 0.25) is 0 Å². The van der Waals surface area contributed by atoms with Crippen LogP contribution in [0.15, 0.2) is 48.5 Å². The molecule has 0 radical (unpaired) electrons. The number of imidazole rings is 2. The van der Waals surface area contributed by atoms with Gasteiger partial charge in [-0.1, -0.05) is 24.3 Å². The molecule has 0 spiro atoms. The number of amides is 2. The first-order valence-corrected chi connectivity index (χ1v) is 10.4. The van der Waals surface area contributed by atoms with E-state index in [1.165, 1.54) is 0 Å². The van der Waals surface area contributed by atoms with Crippen LogP contribution in [-0.2, 0) is 9.59 Å². The van der Waals surface area contributed by atoms with E-state index in [2.05, 4.69) is 30.6 Å². The van der Waals surface area contributed by atoms with Gasteiger partial charge in [0.25, 0.3) is 0 Å². The average Bonchev–Trinajstić information content (AvgIpc) is 3.30. The fourth-order valence-electron chi connectivity index (χ4n) is 2.84. The van der Waals surface area contributed by atoms with Crippen LogP contribution in [0.3, 0.4) is 0 Å². The van der Waals surface area contributed by atoms with Crippen molar-refractivity contribution in [1.82, 2.24) is 19.9 Å². The molecule has 0 aliphatic heterocycles. The highest BCUT2D eigenvalue weighted by molar-refractivity contribution is 7.99. The van der Waals surface area contributed by atoms with Crippen molar-refractivity contribution in [3.63, 3.8) is 0 Å². The van der Waals surface area contributed by atoms with E-state index in [9.17, 15) is 9.59 Å². The van der Waals surface area contributed by atoms with E-state index in [0.29, 0.717) is 36.2 Å². The Kier molecular flexibility index (Phi) is 5.76. The number of nitrogens with zero attached hydrogens (tertiary/aromatic N) is 2. The van der Waals surface area contributed by atoms with Gasteiger partial charge in [0.15, 0.2) is 0 Å². The summed E-state index contributed by atoms with van der Waals surface area (Å²) in [7, 11) is 0. The number of benzene rings is 2. The first-order chi connectivity index (χ1) is 14.2. The van der Waals surface area contributed by atoms with Crippen molar-refractivity contribution in [3.8, 4) is 0 Å². The number of H-pyrrole nitrogens is 2. The van der Waals surface area contributed by atoms with E-state index in [1.807, 2.05) is 48.5 Å². The smallest absolute Gasteiger partial charge is 0.227 e. The molecule has 2 aromatic carbocycles. The first-order valence-electron chi connectivity index (χ1n) is 9.24. The van der Waals surface area contributed by atoms with Gasteiger partial charge in [-0.05, 0) is 24.3 Å². The van der Waals surface area contributed by atoms with E-state index >= 15 is 0 Å². The van der Waals surface area contributed by atoms with Crippen LogP contribution in [0.25, 0.3) is 22.1 Å². The number of aromatic nitrogens is 4. The highest BCUT2D eigenvalue weighted by Crippen LogP contribution is 2.15. The lowest BCUT2D eigenvalue weighted by molar-refractivity contribution is -0.116. The Morgan fingerprint density at radius 2 is 1.21 bits per heavy atom. The largest absolute Gasteiger partial charge is 0.324 e. The van der Waals surface area contributed by atoms with Crippen molar-refractivity contribution < 1.29 is 9.59 Å². The number of anilines is 2. The Hall–Kier alpha value is -3.33. The zero-order valence-corrected chi connectivity index (χ0v) is 16.4. The molecule has 2 aromatic heterocycles. The van der Waals surface area contributed by atoms with Gasteiger partial charge in [0, 0.05) is 24.3 Å². The van der Waals surface area contributed by atoms with Gasteiger partial charge in [-0.25, -0.2) is 9.97 Å². The Morgan fingerprint density at radius 3 is 1.66 bits per heavy atom. The van der Waals surface area contributed by atoms with Gasteiger partial charge in [-0.3, -0.25) is 20.2 Å². The maximum atomic E-state index is 12.0. The van der Waals surface area contributed by atoms with Crippen LogP contribution in [0, 0.1) is 0 Å². The third kappa shape index (κ3) is 4.94. The van der Waals surface area contributed by atoms with Gasteiger partial charge >= 0.3 is 0 Å². The maximum absolute atomic E-state index is 12.0. The van der Waals surface area contributed by atoms with E-state index in [1.54, 1.807) is 11.8 Å². The Morgan fingerprint density at radius 1 is 0.759 bits per heavy atom. The van der Waals surface area contributed by atoms with Crippen LogP contribution < -0.4 is 10.6 Å². The zero-order valence-electron chi connectivity index (χ0n) is 15.6. The molecule has 4 N–H and O–H groups in total. The number of carbonyl (C=O) groups is 2. The quantitative estimate of drug-likeness (QED) is 0.333. The maximum Gasteiger partial charge on any atom is 0.227 e. The molecule has 29 heavy (non-hydrogen) atoms. The molecule has 8 nitrogen and oxygen atoms in total. The van der Waals surface area contributed by atoms with Crippen LogP contribution in [-0.4, -0.2) is 43.3 Å². The Balaban J connectivity index is 1.14. The number of fused-ring (bicyclic) bond motifs is 2. The highest BCUT2D eigenvalue weighted by Gasteiger charge is 2.09. The molecule has 0 unspecified atom stereocenters. The molecular formula is C20H20N6O2S. The lowest BCUT2D eigenvalue weighted by Crippen LogP contribution is -2.15. The molecule has 9 heteroatoms. The van der Waals surface area contributed by atoms with Crippen molar-refractivity contribution >= 4 is 57.5 Å². The first kappa shape index (κ1) is 19.0. The van der Waals surface area contributed by atoms with E-state index < -0.39 is 0 Å².